The zero-order valence-electron chi connectivity index (χ0n) is 19.8. The van der Waals surface area contributed by atoms with E-state index in [1.165, 1.54) is 0 Å². The predicted molar refractivity (Wildman–Crippen MR) is 133 cm³/mol. The molecule has 7 nitrogen and oxygen atoms in total. The first-order valence-electron chi connectivity index (χ1n) is 11.0. The van der Waals surface area contributed by atoms with Crippen molar-refractivity contribution < 1.29 is 18.9 Å². The van der Waals surface area contributed by atoms with Crippen molar-refractivity contribution in [3.8, 4) is 34.5 Å². The van der Waals surface area contributed by atoms with E-state index < -0.39 is 0 Å². The average molecular weight is 452 g/mol. The monoisotopic (exact) mass is 451 g/mol. The van der Waals surface area contributed by atoms with Gasteiger partial charge in [0.25, 0.3) is 0 Å². The summed E-state index contributed by atoms with van der Waals surface area (Å²) in [6.07, 6.45) is 0. The van der Waals surface area contributed by atoms with Crippen LogP contribution in [0.4, 0.5) is 5.69 Å². The minimum Gasteiger partial charge on any atom is -0.497 e. The van der Waals surface area contributed by atoms with Crippen LogP contribution in [0.25, 0.3) is 0 Å². The minimum atomic E-state index is 0.689. The first kappa shape index (κ1) is 24.2. The van der Waals surface area contributed by atoms with Crippen molar-refractivity contribution in [2.24, 2.45) is 0 Å². The van der Waals surface area contributed by atoms with Gasteiger partial charge in [-0.05, 0) is 74.8 Å². The molecule has 0 aliphatic heterocycles. The molecule has 7 heteroatoms. The minimum absolute atomic E-state index is 0.689. The van der Waals surface area contributed by atoms with E-state index in [0.29, 0.717) is 5.75 Å². The number of likely N-dealkylation sites (N-methyl/N-ethyl adjacent to an activating group) is 2. The van der Waals surface area contributed by atoms with E-state index in [-0.39, 0.29) is 0 Å². The summed E-state index contributed by atoms with van der Waals surface area (Å²) in [7, 11) is 7.20. The molecule has 0 saturated heterocycles. The Kier molecular flexibility index (Phi) is 9.23. The number of ether oxygens (including phenoxy) is 4. The van der Waals surface area contributed by atoms with Crippen LogP contribution in [-0.4, -0.2) is 54.5 Å². The molecule has 0 fully saturated rings. The summed E-state index contributed by atoms with van der Waals surface area (Å²) in [5.41, 5.74) is 0.999. The first-order valence-corrected chi connectivity index (χ1v) is 11.0. The van der Waals surface area contributed by atoms with Crippen molar-refractivity contribution in [1.29, 1.82) is 0 Å². The Morgan fingerprint density at radius 3 is 1.55 bits per heavy atom. The van der Waals surface area contributed by atoms with E-state index in [4.69, 9.17) is 18.9 Å². The third kappa shape index (κ3) is 7.03. The average Bonchev–Trinajstić information content (AvgIpc) is 2.86. The zero-order chi connectivity index (χ0) is 23.5. The van der Waals surface area contributed by atoms with Gasteiger partial charge in [0.2, 0.25) is 0 Å². The van der Waals surface area contributed by atoms with Crippen molar-refractivity contribution in [2.45, 2.75) is 0 Å². The largest absolute Gasteiger partial charge is 0.497 e. The number of hydrogen-bond acceptors (Lipinski definition) is 7. The SMILES string of the molecule is CNCCN(CCNC)c1ccc(Oc2ccc(OC)cc2)cc1Oc1ccc(OC)cc1. The molecule has 0 aromatic heterocycles. The van der Waals surface area contributed by atoms with Crippen molar-refractivity contribution in [1.82, 2.24) is 10.6 Å². The summed E-state index contributed by atoms with van der Waals surface area (Å²) in [4.78, 5) is 2.29. The molecule has 0 atom stereocenters. The lowest BCUT2D eigenvalue weighted by Crippen LogP contribution is -2.35. The Bertz CT molecular complexity index is 970. The van der Waals surface area contributed by atoms with Gasteiger partial charge in [0, 0.05) is 32.2 Å². The smallest absolute Gasteiger partial charge is 0.154 e. The number of anilines is 1. The van der Waals surface area contributed by atoms with E-state index in [2.05, 4.69) is 15.5 Å². The predicted octanol–water partition coefficient (Wildman–Crippen LogP) is 4.53. The maximum Gasteiger partial charge on any atom is 0.154 e. The third-order valence-corrected chi connectivity index (χ3v) is 5.12. The van der Waals surface area contributed by atoms with Crippen LogP contribution in [0.5, 0.6) is 34.5 Å². The summed E-state index contributed by atoms with van der Waals surface area (Å²) in [6.45, 7) is 3.40. The molecule has 0 spiro atoms. The van der Waals surface area contributed by atoms with E-state index in [9.17, 15) is 0 Å². The molecule has 3 aromatic rings. The normalized spacial score (nSPS) is 10.5. The molecule has 0 saturated carbocycles. The highest BCUT2D eigenvalue weighted by Crippen LogP contribution is 2.37. The molecular formula is C26H33N3O4. The van der Waals surface area contributed by atoms with Gasteiger partial charge in [0.05, 0.1) is 19.9 Å². The van der Waals surface area contributed by atoms with Crippen LogP contribution in [0.15, 0.2) is 66.7 Å². The molecule has 176 valence electrons. The van der Waals surface area contributed by atoms with Gasteiger partial charge in [-0.15, -0.1) is 0 Å². The standard InChI is InChI=1S/C26H33N3O4/c1-27-15-17-29(18-16-28-2)25-14-13-24(32-22-9-5-20(30-3)6-10-22)19-26(25)33-23-11-7-21(31-4)8-12-23/h5-14,19,27-28H,15-18H2,1-4H3. The van der Waals surface area contributed by atoms with Gasteiger partial charge in [-0.2, -0.15) is 0 Å². The molecular weight excluding hydrogens is 418 g/mol. The van der Waals surface area contributed by atoms with Gasteiger partial charge in [-0.1, -0.05) is 0 Å². The maximum atomic E-state index is 6.33. The molecule has 0 amide bonds. The van der Waals surface area contributed by atoms with Gasteiger partial charge in [0.1, 0.15) is 28.7 Å². The van der Waals surface area contributed by atoms with Crippen LogP contribution >= 0.6 is 0 Å². The number of nitrogens with one attached hydrogen (secondary N) is 2. The second-order valence-corrected chi connectivity index (χ2v) is 7.38. The lowest BCUT2D eigenvalue weighted by molar-refractivity contribution is 0.412. The number of nitrogens with zero attached hydrogens (tertiary/aromatic N) is 1. The van der Waals surface area contributed by atoms with Crippen LogP contribution in [-0.2, 0) is 0 Å². The fourth-order valence-electron chi connectivity index (χ4n) is 3.30. The van der Waals surface area contributed by atoms with Crippen LogP contribution in [0.1, 0.15) is 0 Å². The van der Waals surface area contributed by atoms with Crippen LogP contribution in [0.2, 0.25) is 0 Å². The van der Waals surface area contributed by atoms with E-state index in [0.717, 1.165) is 60.6 Å². The van der Waals surface area contributed by atoms with E-state index in [1.54, 1.807) is 14.2 Å². The molecule has 0 aliphatic carbocycles. The summed E-state index contributed by atoms with van der Waals surface area (Å²) in [5, 5.41) is 6.46. The Morgan fingerprint density at radius 2 is 1.06 bits per heavy atom. The second-order valence-electron chi connectivity index (χ2n) is 7.38. The number of hydrogen-bond donors (Lipinski definition) is 2. The zero-order valence-corrected chi connectivity index (χ0v) is 19.8. The summed E-state index contributed by atoms with van der Waals surface area (Å²) in [5.74, 6) is 4.42. The van der Waals surface area contributed by atoms with E-state index >= 15 is 0 Å². The number of benzene rings is 3. The Hall–Kier alpha value is -3.42. The van der Waals surface area contributed by atoms with Crippen LogP contribution in [0, 0.1) is 0 Å². The molecule has 0 radical (unpaired) electrons. The maximum absolute atomic E-state index is 6.33. The van der Waals surface area contributed by atoms with E-state index in [1.807, 2.05) is 80.8 Å². The van der Waals surface area contributed by atoms with Gasteiger partial charge in [-0.25, -0.2) is 0 Å². The first-order chi connectivity index (χ1) is 16.2. The second kappa shape index (κ2) is 12.6. The Balaban J connectivity index is 1.91. The lowest BCUT2D eigenvalue weighted by atomic mass is 10.2. The highest BCUT2D eigenvalue weighted by Gasteiger charge is 2.15. The molecule has 0 bridgehead atoms. The molecule has 0 aliphatic rings. The fourth-order valence-corrected chi connectivity index (χ4v) is 3.30. The van der Waals surface area contributed by atoms with Gasteiger partial charge in [0.15, 0.2) is 5.75 Å². The summed E-state index contributed by atoms with van der Waals surface area (Å²) >= 11 is 0. The highest BCUT2D eigenvalue weighted by molar-refractivity contribution is 5.62. The van der Waals surface area contributed by atoms with Crippen molar-refractivity contribution in [3.05, 3.63) is 66.7 Å². The Labute approximate surface area is 196 Å². The van der Waals surface area contributed by atoms with Crippen molar-refractivity contribution >= 4 is 5.69 Å². The number of rotatable bonds is 13. The van der Waals surface area contributed by atoms with Crippen LogP contribution in [0.3, 0.4) is 0 Å². The van der Waals surface area contributed by atoms with Gasteiger partial charge < -0.3 is 34.5 Å². The molecule has 3 aromatic carbocycles. The topological polar surface area (TPSA) is 64.2 Å². The Morgan fingerprint density at radius 1 is 0.606 bits per heavy atom. The van der Waals surface area contributed by atoms with Gasteiger partial charge in [-0.3, -0.25) is 0 Å². The molecule has 33 heavy (non-hydrogen) atoms. The quantitative estimate of drug-likeness (QED) is 0.396. The molecule has 3 rings (SSSR count). The summed E-state index contributed by atoms with van der Waals surface area (Å²) < 4.78 is 22.9. The van der Waals surface area contributed by atoms with Crippen LogP contribution < -0.4 is 34.5 Å². The number of methoxy groups -OCH3 is 2. The van der Waals surface area contributed by atoms with Crippen molar-refractivity contribution in [2.75, 3.05) is 59.4 Å². The highest BCUT2D eigenvalue weighted by atomic mass is 16.5. The van der Waals surface area contributed by atoms with Gasteiger partial charge >= 0.3 is 0 Å². The molecule has 0 heterocycles. The fraction of sp³-hybridized carbons (Fsp3) is 0.308. The molecule has 2 N–H and O–H groups in total. The van der Waals surface area contributed by atoms with Crippen molar-refractivity contribution in [3.63, 3.8) is 0 Å². The third-order valence-electron chi connectivity index (χ3n) is 5.12. The lowest BCUT2D eigenvalue weighted by Gasteiger charge is -2.27. The summed E-state index contributed by atoms with van der Waals surface area (Å²) in [6, 6.07) is 21.0. The molecule has 0 unspecified atom stereocenters.